The van der Waals surface area contributed by atoms with Crippen molar-refractivity contribution in [3.8, 4) is 0 Å². The highest BCUT2D eigenvalue weighted by Crippen LogP contribution is 2.10. The molecule has 94 valence electrons. The van der Waals surface area contributed by atoms with Gasteiger partial charge in [-0.15, -0.1) is 0 Å². The van der Waals surface area contributed by atoms with Gasteiger partial charge >= 0.3 is 0 Å². The molecule has 1 aromatic carbocycles. The molecule has 0 aliphatic heterocycles. The fourth-order valence-electron chi connectivity index (χ4n) is 1.28. The number of amides is 1. The van der Waals surface area contributed by atoms with E-state index in [1.54, 1.807) is 18.2 Å². The average molecular weight is 244 g/mol. The molecule has 6 heteroatoms. The molecule has 0 spiro atoms. The molecular formula is C11H14F2N2O2. The van der Waals surface area contributed by atoms with Gasteiger partial charge in [-0.3, -0.25) is 4.79 Å². The molecule has 0 aromatic heterocycles. The van der Waals surface area contributed by atoms with Crippen LogP contribution < -0.4 is 11.1 Å². The number of aliphatic hydroxyl groups is 1. The lowest BCUT2D eigenvalue weighted by atomic mass is 10.1. The minimum Gasteiger partial charge on any atom is -0.390 e. The van der Waals surface area contributed by atoms with Crippen LogP contribution >= 0.6 is 0 Å². The van der Waals surface area contributed by atoms with Crippen molar-refractivity contribution >= 4 is 5.91 Å². The van der Waals surface area contributed by atoms with E-state index in [1.165, 1.54) is 6.07 Å². The third-order valence-corrected chi connectivity index (χ3v) is 2.16. The molecule has 1 aromatic rings. The Labute approximate surface area is 97.4 Å². The first-order chi connectivity index (χ1) is 7.94. The van der Waals surface area contributed by atoms with E-state index >= 15 is 0 Å². The van der Waals surface area contributed by atoms with Gasteiger partial charge in [0, 0.05) is 12.1 Å². The van der Waals surface area contributed by atoms with Crippen molar-refractivity contribution in [2.75, 3.05) is 13.2 Å². The molecule has 17 heavy (non-hydrogen) atoms. The lowest BCUT2D eigenvalue weighted by Crippen LogP contribution is -2.35. The van der Waals surface area contributed by atoms with Gasteiger partial charge in [0.1, 0.15) is 6.61 Å². The van der Waals surface area contributed by atoms with E-state index in [1.807, 2.05) is 0 Å². The average Bonchev–Trinajstić information content (AvgIpc) is 2.29. The molecule has 0 aliphatic carbocycles. The molecular weight excluding hydrogens is 230 g/mol. The number of halogens is 2. The molecule has 0 aliphatic rings. The Morgan fingerprint density at radius 1 is 1.47 bits per heavy atom. The summed E-state index contributed by atoms with van der Waals surface area (Å²) in [6, 6.07) is 6.40. The van der Waals surface area contributed by atoms with Gasteiger partial charge in [0.15, 0.2) is 0 Å². The van der Waals surface area contributed by atoms with E-state index in [-0.39, 0.29) is 6.54 Å². The number of carbonyl (C=O) groups is 1. The van der Waals surface area contributed by atoms with E-state index in [9.17, 15) is 13.6 Å². The SMILES string of the molecule is NC(=O)c1cccc(CNCC(F)(F)CO)c1. The van der Waals surface area contributed by atoms with Gasteiger partial charge in [-0.25, -0.2) is 8.78 Å². The van der Waals surface area contributed by atoms with Crippen molar-refractivity contribution in [1.29, 1.82) is 0 Å². The van der Waals surface area contributed by atoms with Crippen LogP contribution in [0, 0.1) is 0 Å². The number of nitrogens with two attached hydrogens (primary N) is 1. The summed E-state index contributed by atoms with van der Waals surface area (Å²) in [5.74, 6) is -3.70. The summed E-state index contributed by atoms with van der Waals surface area (Å²) in [5, 5.41) is 10.9. The molecule has 4 nitrogen and oxygen atoms in total. The van der Waals surface area contributed by atoms with Crippen LogP contribution in [0.15, 0.2) is 24.3 Å². The number of rotatable bonds is 6. The number of primary amides is 1. The minimum absolute atomic E-state index is 0.177. The van der Waals surface area contributed by atoms with Gasteiger partial charge in [0.05, 0.1) is 6.54 Å². The second kappa shape index (κ2) is 5.70. The molecule has 0 bridgehead atoms. The predicted molar refractivity (Wildman–Crippen MR) is 58.7 cm³/mol. The summed E-state index contributed by atoms with van der Waals surface area (Å²) in [4.78, 5) is 10.9. The van der Waals surface area contributed by atoms with Crippen LogP contribution in [0.4, 0.5) is 8.78 Å². The number of hydrogen-bond donors (Lipinski definition) is 3. The number of alkyl halides is 2. The Bertz CT molecular complexity index is 397. The molecule has 0 atom stereocenters. The maximum atomic E-state index is 12.7. The Morgan fingerprint density at radius 2 is 2.18 bits per heavy atom. The van der Waals surface area contributed by atoms with Gasteiger partial charge in [0.2, 0.25) is 5.91 Å². The van der Waals surface area contributed by atoms with Crippen molar-refractivity contribution in [3.05, 3.63) is 35.4 Å². The second-order valence-electron chi connectivity index (χ2n) is 3.68. The highest BCUT2D eigenvalue weighted by atomic mass is 19.3. The van der Waals surface area contributed by atoms with Crippen LogP contribution in [0.3, 0.4) is 0 Å². The zero-order valence-corrected chi connectivity index (χ0v) is 9.12. The van der Waals surface area contributed by atoms with E-state index in [4.69, 9.17) is 10.8 Å². The third kappa shape index (κ3) is 4.46. The van der Waals surface area contributed by atoms with Gasteiger partial charge in [0.25, 0.3) is 5.92 Å². The summed E-state index contributed by atoms with van der Waals surface area (Å²) in [6.45, 7) is -1.64. The van der Waals surface area contributed by atoms with Gasteiger partial charge in [-0.1, -0.05) is 12.1 Å². The quantitative estimate of drug-likeness (QED) is 0.682. The van der Waals surface area contributed by atoms with Gasteiger partial charge in [-0.2, -0.15) is 0 Å². The molecule has 4 N–H and O–H groups in total. The van der Waals surface area contributed by atoms with E-state index in [0.29, 0.717) is 11.1 Å². The van der Waals surface area contributed by atoms with Crippen LogP contribution in [-0.2, 0) is 6.54 Å². The molecule has 0 saturated carbocycles. The second-order valence-corrected chi connectivity index (χ2v) is 3.68. The standard InChI is InChI=1S/C11H14F2N2O2/c12-11(13,7-16)6-15-5-8-2-1-3-9(4-8)10(14)17/h1-4,15-16H,5-7H2,(H2,14,17). The van der Waals surface area contributed by atoms with E-state index < -0.39 is 25.0 Å². The van der Waals surface area contributed by atoms with Crippen LogP contribution in [0.5, 0.6) is 0 Å². The summed E-state index contributed by atoms with van der Waals surface area (Å²) >= 11 is 0. The minimum atomic E-state index is -3.14. The Morgan fingerprint density at radius 3 is 2.76 bits per heavy atom. The highest BCUT2D eigenvalue weighted by Gasteiger charge is 2.26. The first-order valence-electron chi connectivity index (χ1n) is 5.03. The number of benzene rings is 1. The number of nitrogens with one attached hydrogen (secondary N) is 1. The Balaban J connectivity index is 2.52. The zero-order valence-electron chi connectivity index (χ0n) is 9.12. The fraction of sp³-hybridized carbons (Fsp3) is 0.364. The van der Waals surface area contributed by atoms with Crippen LogP contribution in [0.1, 0.15) is 15.9 Å². The lowest BCUT2D eigenvalue weighted by molar-refractivity contribution is -0.0477. The van der Waals surface area contributed by atoms with E-state index in [2.05, 4.69) is 5.32 Å². The number of carbonyl (C=O) groups excluding carboxylic acids is 1. The first-order valence-corrected chi connectivity index (χ1v) is 5.03. The summed E-state index contributed by atoms with van der Waals surface area (Å²) < 4.78 is 25.4. The Hall–Kier alpha value is -1.53. The van der Waals surface area contributed by atoms with Gasteiger partial charge in [-0.05, 0) is 17.7 Å². The van der Waals surface area contributed by atoms with Crippen molar-refractivity contribution in [2.45, 2.75) is 12.5 Å². The normalized spacial score (nSPS) is 11.5. The molecule has 0 radical (unpaired) electrons. The summed E-state index contributed by atoms with van der Waals surface area (Å²) in [7, 11) is 0. The molecule has 1 rings (SSSR count). The van der Waals surface area contributed by atoms with Crippen LogP contribution in [0.25, 0.3) is 0 Å². The van der Waals surface area contributed by atoms with Crippen LogP contribution in [0.2, 0.25) is 0 Å². The lowest BCUT2D eigenvalue weighted by Gasteiger charge is -2.14. The molecule has 0 heterocycles. The predicted octanol–water partition coefficient (Wildman–Crippen LogP) is 0.503. The topological polar surface area (TPSA) is 75.4 Å². The molecule has 0 saturated heterocycles. The van der Waals surface area contributed by atoms with Crippen molar-refractivity contribution < 1.29 is 18.7 Å². The zero-order chi connectivity index (χ0) is 12.9. The maximum absolute atomic E-state index is 12.7. The largest absolute Gasteiger partial charge is 0.390 e. The van der Waals surface area contributed by atoms with Crippen molar-refractivity contribution in [2.24, 2.45) is 5.73 Å². The van der Waals surface area contributed by atoms with E-state index in [0.717, 1.165) is 0 Å². The summed E-state index contributed by atoms with van der Waals surface area (Å²) in [5.41, 5.74) is 6.10. The van der Waals surface area contributed by atoms with Crippen LogP contribution in [-0.4, -0.2) is 30.1 Å². The smallest absolute Gasteiger partial charge is 0.282 e. The maximum Gasteiger partial charge on any atom is 0.282 e. The van der Waals surface area contributed by atoms with Gasteiger partial charge < -0.3 is 16.2 Å². The Kier molecular flexibility index (Phi) is 4.53. The number of aliphatic hydroxyl groups excluding tert-OH is 1. The molecule has 0 unspecified atom stereocenters. The first kappa shape index (κ1) is 13.5. The van der Waals surface area contributed by atoms with Crippen molar-refractivity contribution in [3.63, 3.8) is 0 Å². The number of hydrogen-bond acceptors (Lipinski definition) is 3. The summed E-state index contributed by atoms with van der Waals surface area (Å²) in [6.07, 6.45) is 0. The van der Waals surface area contributed by atoms with Crippen molar-refractivity contribution in [1.82, 2.24) is 5.32 Å². The third-order valence-electron chi connectivity index (χ3n) is 2.16. The molecule has 0 fully saturated rings. The molecule has 1 amide bonds. The highest BCUT2D eigenvalue weighted by molar-refractivity contribution is 5.92. The monoisotopic (exact) mass is 244 g/mol. The fourth-order valence-corrected chi connectivity index (χ4v) is 1.28.